The van der Waals surface area contributed by atoms with Gasteiger partial charge in [0.05, 0.1) is 13.0 Å². The van der Waals surface area contributed by atoms with Crippen molar-refractivity contribution in [3.05, 3.63) is 35.9 Å². The Bertz CT molecular complexity index is 377. The van der Waals surface area contributed by atoms with E-state index in [0.29, 0.717) is 6.42 Å². The molecule has 1 atom stereocenters. The second-order valence-corrected chi connectivity index (χ2v) is 3.61. The number of rotatable bonds is 6. The first-order chi connectivity index (χ1) is 8.09. The minimum absolute atomic E-state index is 0.205. The zero-order valence-corrected chi connectivity index (χ0v) is 9.33. The molecule has 0 bridgehead atoms. The maximum absolute atomic E-state index is 11.3. The molecule has 0 aliphatic rings. The van der Waals surface area contributed by atoms with Crippen LogP contribution in [0.2, 0.25) is 0 Å². The minimum atomic E-state index is -1.11. The summed E-state index contributed by atoms with van der Waals surface area (Å²) < 4.78 is 4.88. The summed E-state index contributed by atoms with van der Waals surface area (Å²) in [5.74, 6) is -1.79. The summed E-state index contributed by atoms with van der Waals surface area (Å²) in [6, 6.07) is 8.44. The number of hydrogen-bond donors (Lipinski definition) is 2. The number of carbonyl (C=O) groups excluding carboxylic acids is 1. The lowest BCUT2D eigenvalue weighted by Crippen LogP contribution is -2.34. The summed E-state index contributed by atoms with van der Waals surface area (Å²) in [4.78, 5) is 21.6. The fourth-order valence-corrected chi connectivity index (χ4v) is 1.29. The zero-order valence-electron chi connectivity index (χ0n) is 9.33. The van der Waals surface area contributed by atoms with Gasteiger partial charge < -0.3 is 15.6 Å². The number of carboxylic acid groups (broad SMARTS) is 1. The Morgan fingerprint density at radius 1 is 1.29 bits per heavy atom. The van der Waals surface area contributed by atoms with Crippen molar-refractivity contribution in [2.75, 3.05) is 6.61 Å². The van der Waals surface area contributed by atoms with Crippen LogP contribution >= 0.6 is 0 Å². The molecule has 0 aliphatic carbocycles. The lowest BCUT2D eigenvalue weighted by Gasteiger charge is -2.09. The molecule has 1 rings (SSSR count). The van der Waals surface area contributed by atoms with E-state index in [2.05, 4.69) is 0 Å². The van der Waals surface area contributed by atoms with E-state index in [1.165, 1.54) is 0 Å². The number of carboxylic acids is 1. The van der Waals surface area contributed by atoms with E-state index in [0.717, 1.165) is 5.56 Å². The van der Waals surface area contributed by atoms with Gasteiger partial charge in [0.2, 0.25) is 0 Å². The van der Waals surface area contributed by atoms with Crippen LogP contribution in [0.15, 0.2) is 30.3 Å². The molecule has 5 heteroatoms. The molecule has 1 aromatic rings. The van der Waals surface area contributed by atoms with Gasteiger partial charge in [0.1, 0.15) is 6.04 Å². The lowest BCUT2D eigenvalue weighted by molar-refractivity contribution is -0.149. The highest BCUT2D eigenvalue weighted by Gasteiger charge is 2.18. The lowest BCUT2D eigenvalue weighted by atomic mass is 10.2. The number of hydrogen-bond acceptors (Lipinski definition) is 4. The third-order valence-corrected chi connectivity index (χ3v) is 2.18. The normalized spacial score (nSPS) is 11.8. The quantitative estimate of drug-likeness (QED) is 0.706. The number of esters is 1. The Kier molecular flexibility index (Phi) is 5.16. The average Bonchev–Trinajstić information content (AvgIpc) is 2.29. The van der Waals surface area contributed by atoms with Crippen LogP contribution in [0.5, 0.6) is 0 Å². The van der Waals surface area contributed by atoms with E-state index in [9.17, 15) is 9.59 Å². The fourth-order valence-electron chi connectivity index (χ4n) is 1.29. The van der Waals surface area contributed by atoms with Gasteiger partial charge in [0.25, 0.3) is 0 Å². The summed E-state index contributed by atoms with van der Waals surface area (Å²) in [6.45, 7) is 0.205. The first-order valence-corrected chi connectivity index (χ1v) is 5.27. The van der Waals surface area contributed by atoms with Gasteiger partial charge in [-0.15, -0.1) is 0 Å². The molecule has 5 nitrogen and oxygen atoms in total. The molecule has 0 fully saturated rings. The number of benzene rings is 1. The van der Waals surface area contributed by atoms with Crippen LogP contribution in [0.4, 0.5) is 0 Å². The van der Waals surface area contributed by atoms with E-state index >= 15 is 0 Å². The third-order valence-electron chi connectivity index (χ3n) is 2.18. The molecule has 0 unspecified atom stereocenters. The number of carbonyl (C=O) groups is 2. The van der Waals surface area contributed by atoms with E-state index in [4.69, 9.17) is 15.6 Å². The van der Waals surface area contributed by atoms with E-state index in [1.54, 1.807) is 0 Å². The first kappa shape index (κ1) is 13.2. The van der Waals surface area contributed by atoms with Crippen LogP contribution in [-0.4, -0.2) is 29.7 Å². The highest BCUT2D eigenvalue weighted by atomic mass is 16.5. The van der Waals surface area contributed by atoms with Crippen LogP contribution in [-0.2, 0) is 20.7 Å². The Hall–Kier alpha value is -1.88. The Labute approximate surface area is 99.2 Å². The monoisotopic (exact) mass is 237 g/mol. The molecule has 92 valence electrons. The Balaban J connectivity index is 2.27. The summed E-state index contributed by atoms with van der Waals surface area (Å²) in [5.41, 5.74) is 6.39. The molecule has 0 aromatic heterocycles. The van der Waals surface area contributed by atoms with Crippen molar-refractivity contribution < 1.29 is 19.4 Å². The van der Waals surface area contributed by atoms with Crippen molar-refractivity contribution >= 4 is 11.9 Å². The molecule has 0 radical (unpaired) electrons. The molecule has 0 spiro atoms. The second kappa shape index (κ2) is 6.65. The van der Waals surface area contributed by atoms with Crippen LogP contribution in [0.25, 0.3) is 0 Å². The van der Waals surface area contributed by atoms with Crippen LogP contribution in [0, 0.1) is 0 Å². The predicted molar refractivity (Wildman–Crippen MR) is 61.3 cm³/mol. The molecule has 0 heterocycles. The van der Waals surface area contributed by atoms with Gasteiger partial charge in [-0.2, -0.15) is 0 Å². The van der Waals surface area contributed by atoms with E-state index in [-0.39, 0.29) is 6.61 Å². The van der Waals surface area contributed by atoms with E-state index < -0.39 is 24.4 Å². The van der Waals surface area contributed by atoms with Crippen molar-refractivity contribution in [2.24, 2.45) is 5.73 Å². The zero-order chi connectivity index (χ0) is 12.7. The van der Waals surface area contributed by atoms with E-state index in [1.807, 2.05) is 30.3 Å². The molecule has 0 saturated heterocycles. The molecule has 1 aromatic carbocycles. The largest absolute Gasteiger partial charge is 0.481 e. The molecule has 17 heavy (non-hydrogen) atoms. The highest BCUT2D eigenvalue weighted by molar-refractivity contribution is 5.81. The molecule has 0 saturated carbocycles. The highest BCUT2D eigenvalue weighted by Crippen LogP contribution is 2.00. The van der Waals surface area contributed by atoms with Crippen molar-refractivity contribution in [3.8, 4) is 0 Å². The number of aliphatic carboxylic acids is 1. The summed E-state index contributed by atoms with van der Waals surface area (Å²) >= 11 is 0. The molecule has 3 N–H and O–H groups in total. The number of ether oxygens (including phenoxy) is 1. The van der Waals surface area contributed by atoms with Crippen molar-refractivity contribution in [2.45, 2.75) is 18.9 Å². The Morgan fingerprint density at radius 3 is 2.53 bits per heavy atom. The van der Waals surface area contributed by atoms with Gasteiger partial charge in [-0.3, -0.25) is 9.59 Å². The van der Waals surface area contributed by atoms with Crippen LogP contribution in [0.3, 0.4) is 0 Å². The van der Waals surface area contributed by atoms with Crippen LogP contribution < -0.4 is 5.73 Å². The molecule has 0 aliphatic heterocycles. The molecular formula is C12H15NO4. The van der Waals surface area contributed by atoms with Crippen LogP contribution in [0.1, 0.15) is 12.0 Å². The smallest absolute Gasteiger partial charge is 0.323 e. The second-order valence-electron chi connectivity index (χ2n) is 3.61. The SMILES string of the molecule is N[C@@H](CC(=O)O)C(=O)OCCc1ccccc1. The van der Waals surface area contributed by atoms with Gasteiger partial charge in [0, 0.05) is 6.42 Å². The number of nitrogens with two attached hydrogens (primary N) is 1. The summed E-state index contributed by atoms with van der Waals surface area (Å²) in [5, 5.41) is 8.45. The van der Waals surface area contributed by atoms with Gasteiger partial charge in [-0.25, -0.2) is 0 Å². The maximum Gasteiger partial charge on any atom is 0.323 e. The molecular weight excluding hydrogens is 222 g/mol. The topological polar surface area (TPSA) is 89.6 Å². The predicted octanol–water partition coefficient (Wildman–Crippen LogP) is 0.574. The fraction of sp³-hybridized carbons (Fsp3) is 0.333. The summed E-state index contributed by atoms with van der Waals surface area (Å²) in [6.07, 6.45) is 0.177. The van der Waals surface area contributed by atoms with Gasteiger partial charge in [-0.05, 0) is 5.56 Å². The Morgan fingerprint density at radius 2 is 1.94 bits per heavy atom. The van der Waals surface area contributed by atoms with Crippen molar-refractivity contribution in [1.82, 2.24) is 0 Å². The van der Waals surface area contributed by atoms with Gasteiger partial charge in [0.15, 0.2) is 0 Å². The summed E-state index contributed by atoms with van der Waals surface area (Å²) in [7, 11) is 0. The first-order valence-electron chi connectivity index (χ1n) is 5.27. The maximum atomic E-state index is 11.3. The van der Waals surface area contributed by atoms with Gasteiger partial charge in [-0.1, -0.05) is 30.3 Å². The van der Waals surface area contributed by atoms with Gasteiger partial charge >= 0.3 is 11.9 Å². The standard InChI is InChI=1S/C12H15NO4/c13-10(8-11(14)15)12(16)17-7-6-9-4-2-1-3-5-9/h1-5,10H,6-8,13H2,(H,14,15)/t10-/m0/s1. The minimum Gasteiger partial charge on any atom is -0.481 e. The third kappa shape index (κ3) is 5.12. The van der Waals surface area contributed by atoms with Crippen molar-refractivity contribution in [3.63, 3.8) is 0 Å². The average molecular weight is 237 g/mol. The van der Waals surface area contributed by atoms with Crippen molar-refractivity contribution in [1.29, 1.82) is 0 Å². The molecule has 0 amide bonds.